The number of aryl methyl sites for hydroxylation is 1. The van der Waals surface area contributed by atoms with E-state index in [1.807, 2.05) is 11.3 Å². The molecular formula is C27H37NO4S. The number of ether oxygens (including phenoxy) is 1. The third kappa shape index (κ3) is 3.96. The normalized spacial score (nSPS) is 39.7. The molecule has 1 aromatic heterocycles. The van der Waals surface area contributed by atoms with E-state index in [-0.39, 0.29) is 30.3 Å². The second-order valence-electron chi connectivity index (χ2n) is 11.5. The predicted octanol–water partition coefficient (Wildman–Crippen LogP) is 6.27. The molecule has 0 amide bonds. The molecular weight excluding hydrogens is 434 g/mol. The van der Waals surface area contributed by atoms with Gasteiger partial charge in [0.2, 0.25) is 0 Å². The lowest BCUT2D eigenvalue weighted by Crippen LogP contribution is -2.50. The fourth-order valence-electron chi connectivity index (χ4n) is 8.12. The maximum Gasteiger partial charge on any atom is 0.306 e. The Balaban J connectivity index is 1.30. The van der Waals surface area contributed by atoms with E-state index in [4.69, 9.17) is 14.8 Å². The van der Waals surface area contributed by atoms with Crippen molar-refractivity contribution in [2.24, 2.45) is 28.6 Å². The first-order chi connectivity index (χ1) is 15.7. The smallest absolute Gasteiger partial charge is 0.306 e. The molecule has 5 nitrogen and oxygen atoms in total. The highest BCUT2D eigenvalue weighted by molar-refractivity contribution is 7.09. The maximum absolute atomic E-state index is 12.1. The molecule has 3 fully saturated rings. The topological polar surface area (TPSA) is 76.5 Å². The highest BCUT2D eigenvalue weighted by Gasteiger charge is 2.59. The summed E-state index contributed by atoms with van der Waals surface area (Å²) in [5.41, 5.74) is 3.22. The van der Waals surface area contributed by atoms with Crippen LogP contribution in [0.4, 0.5) is 0 Å². The zero-order valence-corrected chi connectivity index (χ0v) is 21.0. The van der Waals surface area contributed by atoms with Gasteiger partial charge in [0.15, 0.2) is 0 Å². The lowest BCUT2D eigenvalue weighted by molar-refractivity contribution is -0.154. The Hall–Kier alpha value is -1.69. The van der Waals surface area contributed by atoms with Crippen LogP contribution in [0.5, 0.6) is 0 Å². The third-order valence-corrected chi connectivity index (χ3v) is 10.9. The summed E-state index contributed by atoms with van der Waals surface area (Å²) in [6.45, 7) is 7.13. The number of hydrogen-bond acceptors (Lipinski definition) is 5. The summed E-state index contributed by atoms with van der Waals surface area (Å²) in [6, 6.07) is 0. The molecule has 4 aliphatic carbocycles. The summed E-state index contributed by atoms with van der Waals surface area (Å²) in [7, 11) is 0. The number of aromatic nitrogens is 1. The van der Waals surface area contributed by atoms with Crippen LogP contribution in [0.25, 0.3) is 0 Å². The second-order valence-corrected chi connectivity index (χ2v) is 12.4. The average Bonchev–Trinajstić information content (AvgIpc) is 3.34. The maximum atomic E-state index is 12.1. The number of thiazole rings is 1. The molecule has 1 N–H and O–H groups in total. The molecule has 180 valence electrons. The summed E-state index contributed by atoms with van der Waals surface area (Å²) in [6.07, 6.45) is 11.3. The first kappa shape index (κ1) is 23.1. The number of aliphatic carboxylic acids is 1. The number of carboxylic acid groups (broad SMARTS) is 1. The third-order valence-electron chi connectivity index (χ3n) is 9.83. The van der Waals surface area contributed by atoms with Gasteiger partial charge in [0.1, 0.15) is 6.10 Å². The van der Waals surface area contributed by atoms with Gasteiger partial charge >= 0.3 is 11.9 Å². The van der Waals surface area contributed by atoms with Crippen molar-refractivity contribution in [3.63, 3.8) is 0 Å². The van der Waals surface area contributed by atoms with E-state index in [9.17, 15) is 9.59 Å². The molecule has 0 aliphatic heterocycles. The Morgan fingerprint density at radius 3 is 2.70 bits per heavy atom. The van der Waals surface area contributed by atoms with Crippen LogP contribution in [0.1, 0.15) is 94.7 Å². The van der Waals surface area contributed by atoms with Crippen LogP contribution in [0, 0.1) is 35.5 Å². The first-order valence-corrected chi connectivity index (χ1v) is 13.6. The number of rotatable bonds is 5. The van der Waals surface area contributed by atoms with Gasteiger partial charge < -0.3 is 9.84 Å². The van der Waals surface area contributed by atoms with Gasteiger partial charge in [0.05, 0.1) is 17.8 Å². The number of carboxylic acids is 1. The van der Waals surface area contributed by atoms with Crippen LogP contribution >= 0.6 is 11.3 Å². The van der Waals surface area contributed by atoms with Crippen molar-refractivity contribution < 1.29 is 19.4 Å². The van der Waals surface area contributed by atoms with E-state index in [0.717, 1.165) is 49.1 Å². The van der Waals surface area contributed by atoms with Crippen LogP contribution < -0.4 is 0 Å². The van der Waals surface area contributed by atoms with Crippen molar-refractivity contribution in [1.29, 1.82) is 0 Å². The SMILES string of the molecule is Cc1csc([C@H]2CCC3[C@@H]4CC=C5C[C@@H](OC(=O)CCC(=O)O)CC[C@]5(C)C4CC[C@@]32C)n1. The number of hydrogen-bond donors (Lipinski definition) is 1. The van der Waals surface area contributed by atoms with Gasteiger partial charge in [-0.1, -0.05) is 25.5 Å². The minimum atomic E-state index is -0.951. The van der Waals surface area contributed by atoms with Crippen LogP contribution in [-0.4, -0.2) is 28.1 Å². The Morgan fingerprint density at radius 1 is 1.15 bits per heavy atom. The molecule has 4 aliphatic rings. The second kappa shape index (κ2) is 8.51. The molecule has 6 heteroatoms. The molecule has 0 bridgehead atoms. The molecule has 7 atom stereocenters. The van der Waals surface area contributed by atoms with Gasteiger partial charge in [-0.2, -0.15) is 0 Å². The van der Waals surface area contributed by atoms with Gasteiger partial charge in [0.25, 0.3) is 0 Å². The zero-order valence-electron chi connectivity index (χ0n) is 20.1. The predicted molar refractivity (Wildman–Crippen MR) is 128 cm³/mol. The molecule has 33 heavy (non-hydrogen) atoms. The van der Waals surface area contributed by atoms with Gasteiger partial charge in [-0.25, -0.2) is 4.98 Å². The fourth-order valence-corrected chi connectivity index (χ4v) is 9.21. The highest BCUT2D eigenvalue weighted by Crippen LogP contribution is 2.68. The number of allylic oxidation sites excluding steroid dienone is 1. The number of nitrogens with zero attached hydrogens (tertiary/aromatic N) is 1. The standard InChI is InChI=1S/C27H37NO4S/c1-16-15-33-25(28-16)22-7-6-20-19-5-4-17-14-18(32-24(31)9-8-23(29)30)10-12-26(17,2)21(19)11-13-27(20,22)3/h4,15,18-22H,5-14H2,1-3H3,(H,29,30)/t18-,19-,20?,21?,22+,26-,27-/m0/s1. The Bertz CT molecular complexity index is 969. The van der Waals surface area contributed by atoms with Gasteiger partial charge in [-0.3, -0.25) is 9.59 Å². The van der Waals surface area contributed by atoms with E-state index >= 15 is 0 Å². The quantitative estimate of drug-likeness (QED) is 0.404. The highest BCUT2D eigenvalue weighted by atomic mass is 32.1. The summed E-state index contributed by atoms with van der Waals surface area (Å²) in [5, 5.41) is 12.4. The molecule has 1 aromatic rings. The lowest BCUT2D eigenvalue weighted by atomic mass is 9.47. The molecule has 5 rings (SSSR count). The first-order valence-electron chi connectivity index (χ1n) is 12.7. The fraction of sp³-hybridized carbons (Fsp3) is 0.741. The van der Waals surface area contributed by atoms with Crippen molar-refractivity contribution in [3.8, 4) is 0 Å². The van der Waals surface area contributed by atoms with Crippen molar-refractivity contribution in [2.45, 2.75) is 97.0 Å². The number of esters is 1. The monoisotopic (exact) mass is 471 g/mol. The van der Waals surface area contributed by atoms with Gasteiger partial charge in [-0.05, 0) is 80.5 Å². The molecule has 1 heterocycles. The molecule has 0 radical (unpaired) electrons. The molecule has 0 spiro atoms. The van der Waals surface area contributed by atoms with Crippen LogP contribution in [0.3, 0.4) is 0 Å². The van der Waals surface area contributed by atoms with Crippen molar-refractivity contribution >= 4 is 23.3 Å². The van der Waals surface area contributed by atoms with Gasteiger partial charge in [0, 0.05) is 23.4 Å². The number of carbonyl (C=O) groups is 2. The Morgan fingerprint density at radius 2 is 1.97 bits per heavy atom. The molecule has 0 aromatic carbocycles. The summed E-state index contributed by atoms with van der Waals surface area (Å²) >= 11 is 1.86. The van der Waals surface area contributed by atoms with E-state index in [1.165, 1.54) is 36.3 Å². The van der Waals surface area contributed by atoms with Crippen LogP contribution in [0.2, 0.25) is 0 Å². The van der Waals surface area contributed by atoms with Gasteiger partial charge in [-0.15, -0.1) is 11.3 Å². The molecule has 2 unspecified atom stereocenters. The van der Waals surface area contributed by atoms with Crippen molar-refractivity contribution in [3.05, 3.63) is 27.7 Å². The van der Waals surface area contributed by atoms with E-state index < -0.39 is 5.97 Å². The van der Waals surface area contributed by atoms with E-state index in [0.29, 0.717) is 11.3 Å². The molecule has 0 saturated heterocycles. The average molecular weight is 472 g/mol. The van der Waals surface area contributed by atoms with Crippen LogP contribution in [0.15, 0.2) is 17.0 Å². The summed E-state index contributed by atoms with van der Waals surface area (Å²) < 4.78 is 5.67. The molecule has 3 saturated carbocycles. The summed E-state index contributed by atoms with van der Waals surface area (Å²) in [4.78, 5) is 27.7. The summed E-state index contributed by atoms with van der Waals surface area (Å²) in [5.74, 6) is 1.53. The number of carbonyl (C=O) groups excluding carboxylic acids is 1. The van der Waals surface area contributed by atoms with Crippen LogP contribution in [-0.2, 0) is 14.3 Å². The zero-order chi connectivity index (χ0) is 23.4. The Labute approximate surface area is 201 Å². The lowest BCUT2D eigenvalue weighted by Gasteiger charge is -2.58. The minimum Gasteiger partial charge on any atom is -0.481 e. The van der Waals surface area contributed by atoms with E-state index in [2.05, 4.69) is 32.2 Å². The number of fused-ring (bicyclic) bond motifs is 5. The van der Waals surface area contributed by atoms with Crippen molar-refractivity contribution in [1.82, 2.24) is 4.98 Å². The minimum absolute atomic E-state index is 0.0348. The largest absolute Gasteiger partial charge is 0.481 e. The van der Waals surface area contributed by atoms with Crippen molar-refractivity contribution in [2.75, 3.05) is 0 Å². The Kier molecular flexibility index (Phi) is 5.95. The van der Waals surface area contributed by atoms with E-state index in [1.54, 1.807) is 0 Å².